The largest absolute Gasteiger partial charge is 0.450 e. The van der Waals surface area contributed by atoms with E-state index in [1.165, 1.54) is 5.56 Å². The molecule has 1 aromatic carbocycles. The van der Waals surface area contributed by atoms with Gasteiger partial charge in [-0.2, -0.15) is 0 Å². The Morgan fingerprint density at radius 3 is 2.57 bits per heavy atom. The maximum Gasteiger partial charge on any atom is 0.409 e. The number of ether oxygens (including phenoxy) is 1. The van der Waals surface area contributed by atoms with E-state index < -0.39 is 0 Å². The number of hydrogen-bond acceptors (Lipinski definition) is 5. The zero-order valence-corrected chi connectivity index (χ0v) is 16.4. The molecule has 0 radical (unpaired) electrons. The second kappa shape index (κ2) is 9.21. The fraction of sp³-hybridized carbons (Fsp3) is 0.381. The fourth-order valence-electron chi connectivity index (χ4n) is 3.16. The number of carbonyl (C=O) groups excluding carboxylic acids is 2. The van der Waals surface area contributed by atoms with Crippen molar-refractivity contribution in [3.8, 4) is 0 Å². The molecule has 7 nitrogen and oxygen atoms in total. The van der Waals surface area contributed by atoms with Crippen molar-refractivity contribution in [3.05, 3.63) is 59.3 Å². The van der Waals surface area contributed by atoms with E-state index in [4.69, 9.17) is 4.74 Å². The van der Waals surface area contributed by atoms with Gasteiger partial charge in [0.15, 0.2) is 0 Å². The van der Waals surface area contributed by atoms with Gasteiger partial charge in [-0.15, -0.1) is 0 Å². The van der Waals surface area contributed by atoms with Crippen LogP contribution in [-0.4, -0.2) is 59.6 Å². The molecule has 0 unspecified atom stereocenters. The molecule has 1 saturated heterocycles. The second-order valence-corrected chi connectivity index (χ2v) is 6.75. The number of pyridine rings is 1. The minimum absolute atomic E-state index is 0.0514. The van der Waals surface area contributed by atoms with Crippen LogP contribution in [0.5, 0.6) is 0 Å². The Bertz CT molecular complexity index is 832. The molecule has 1 aromatic heterocycles. The number of aromatic nitrogens is 1. The summed E-state index contributed by atoms with van der Waals surface area (Å²) in [6.07, 6.45) is 1.32. The maximum absolute atomic E-state index is 12.8. The van der Waals surface area contributed by atoms with Gasteiger partial charge in [0.25, 0.3) is 5.91 Å². The van der Waals surface area contributed by atoms with Gasteiger partial charge in [-0.3, -0.25) is 4.79 Å². The van der Waals surface area contributed by atoms with Crippen molar-refractivity contribution in [3.63, 3.8) is 0 Å². The van der Waals surface area contributed by atoms with Crippen molar-refractivity contribution in [2.75, 3.05) is 38.1 Å². The smallest absolute Gasteiger partial charge is 0.409 e. The molecule has 7 heteroatoms. The predicted octanol–water partition coefficient (Wildman–Crippen LogP) is 2.92. The summed E-state index contributed by atoms with van der Waals surface area (Å²) in [7, 11) is 0. The van der Waals surface area contributed by atoms with E-state index in [2.05, 4.69) is 35.4 Å². The van der Waals surface area contributed by atoms with Crippen LogP contribution in [0.25, 0.3) is 0 Å². The first-order valence-corrected chi connectivity index (χ1v) is 9.53. The number of amides is 2. The lowest BCUT2D eigenvalue weighted by Gasteiger charge is -2.34. The van der Waals surface area contributed by atoms with Crippen LogP contribution in [0.1, 0.15) is 28.4 Å². The molecule has 0 bridgehead atoms. The van der Waals surface area contributed by atoms with Gasteiger partial charge in [-0.1, -0.05) is 29.8 Å². The molecule has 0 atom stereocenters. The number of hydrogen-bond donors (Lipinski definition) is 1. The van der Waals surface area contributed by atoms with E-state index in [1.807, 2.05) is 6.07 Å². The molecule has 2 aromatic rings. The van der Waals surface area contributed by atoms with Gasteiger partial charge in [0, 0.05) is 44.5 Å². The number of aryl methyl sites for hydroxylation is 1. The van der Waals surface area contributed by atoms with E-state index in [0.29, 0.717) is 50.7 Å². The zero-order valence-electron chi connectivity index (χ0n) is 16.4. The molecular formula is C21H26N4O3. The highest BCUT2D eigenvalue weighted by molar-refractivity contribution is 5.95. The van der Waals surface area contributed by atoms with E-state index in [0.717, 1.165) is 5.56 Å². The lowest BCUT2D eigenvalue weighted by Crippen LogP contribution is -2.50. The highest BCUT2D eigenvalue weighted by Crippen LogP contribution is 2.14. The van der Waals surface area contributed by atoms with E-state index in [9.17, 15) is 9.59 Å². The maximum atomic E-state index is 12.8. The molecule has 2 amide bonds. The van der Waals surface area contributed by atoms with Crippen molar-refractivity contribution >= 4 is 17.8 Å². The van der Waals surface area contributed by atoms with Gasteiger partial charge in [0.1, 0.15) is 5.82 Å². The molecule has 3 rings (SSSR count). The quantitative estimate of drug-likeness (QED) is 0.861. The summed E-state index contributed by atoms with van der Waals surface area (Å²) in [5.74, 6) is 0.613. The Morgan fingerprint density at radius 2 is 1.86 bits per heavy atom. The topological polar surface area (TPSA) is 74.8 Å². The standard InChI is InChI=1S/C21H26N4O3/c1-3-28-21(27)25-11-9-24(10-12-25)20(26)18-7-8-22-19(14-18)23-15-17-6-4-5-16(2)13-17/h4-8,13-14H,3,9-12,15H2,1-2H3,(H,22,23). The van der Waals surface area contributed by atoms with Crippen LogP contribution in [0.4, 0.5) is 10.6 Å². The number of rotatable bonds is 5. The highest BCUT2D eigenvalue weighted by atomic mass is 16.6. The minimum atomic E-state index is -0.318. The first-order chi connectivity index (χ1) is 13.6. The summed E-state index contributed by atoms with van der Waals surface area (Å²) in [5.41, 5.74) is 2.96. The first-order valence-electron chi connectivity index (χ1n) is 9.53. The lowest BCUT2D eigenvalue weighted by molar-refractivity contribution is 0.0570. The molecule has 0 spiro atoms. The third-order valence-corrected chi connectivity index (χ3v) is 4.66. The summed E-state index contributed by atoms with van der Waals surface area (Å²) < 4.78 is 5.02. The average Bonchev–Trinajstić information content (AvgIpc) is 2.72. The van der Waals surface area contributed by atoms with Crippen molar-refractivity contribution in [2.45, 2.75) is 20.4 Å². The van der Waals surface area contributed by atoms with E-state index >= 15 is 0 Å². The summed E-state index contributed by atoms with van der Waals surface area (Å²) in [6, 6.07) is 11.7. The summed E-state index contributed by atoms with van der Waals surface area (Å²) in [6.45, 7) is 6.78. The van der Waals surface area contributed by atoms with E-state index in [1.54, 1.807) is 35.1 Å². The number of carbonyl (C=O) groups is 2. The van der Waals surface area contributed by atoms with Crippen LogP contribution in [0.3, 0.4) is 0 Å². The fourth-order valence-corrected chi connectivity index (χ4v) is 3.16. The van der Waals surface area contributed by atoms with Crippen molar-refractivity contribution in [2.24, 2.45) is 0 Å². The zero-order chi connectivity index (χ0) is 19.9. The Kier molecular flexibility index (Phi) is 6.47. The molecular weight excluding hydrogens is 356 g/mol. The monoisotopic (exact) mass is 382 g/mol. The minimum Gasteiger partial charge on any atom is -0.450 e. The van der Waals surface area contributed by atoms with Gasteiger partial charge >= 0.3 is 6.09 Å². The lowest BCUT2D eigenvalue weighted by atomic mass is 10.1. The number of benzene rings is 1. The molecule has 28 heavy (non-hydrogen) atoms. The van der Waals surface area contributed by atoms with Gasteiger partial charge in [-0.05, 0) is 31.5 Å². The van der Waals surface area contributed by atoms with Crippen molar-refractivity contribution in [1.29, 1.82) is 0 Å². The van der Waals surface area contributed by atoms with Gasteiger partial charge in [0.05, 0.1) is 6.61 Å². The van der Waals surface area contributed by atoms with E-state index in [-0.39, 0.29) is 12.0 Å². The van der Waals surface area contributed by atoms with Crippen LogP contribution >= 0.6 is 0 Å². The molecule has 148 valence electrons. The predicted molar refractivity (Wildman–Crippen MR) is 107 cm³/mol. The van der Waals surface area contributed by atoms with Crippen molar-refractivity contribution in [1.82, 2.24) is 14.8 Å². The van der Waals surface area contributed by atoms with Crippen LogP contribution in [0.15, 0.2) is 42.6 Å². The summed E-state index contributed by atoms with van der Waals surface area (Å²) >= 11 is 0. The molecule has 0 aliphatic carbocycles. The Morgan fingerprint density at radius 1 is 1.11 bits per heavy atom. The Balaban J connectivity index is 1.57. The molecule has 1 N–H and O–H groups in total. The Hall–Kier alpha value is -3.09. The first kappa shape index (κ1) is 19.7. The van der Waals surface area contributed by atoms with Crippen LogP contribution in [0.2, 0.25) is 0 Å². The van der Waals surface area contributed by atoms with Gasteiger partial charge in [-0.25, -0.2) is 9.78 Å². The molecule has 1 aliphatic rings. The van der Waals surface area contributed by atoms with Crippen LogP contribution in [-0.2, 0) is 11.3 Å². The number of piperazine rings is 1. The Labute approximate surface area is 165 Å². The van der Waals surface area contributed by atoms with Crippen LogP contribution < -0.4 is 5.32 Å². The number of anilines is 1. The summed E-state index contributed by atoms with van der Waals surface area (Å²) in [4.78, 5) is 32.3. The molecule has 2 heterocycles. The number of nitrogens with one attached hydrogen (secondary N) is 1. The number of nitrogens with zero attached hydrogens (tertiary/aromatic N) is 3. The second-order valence-electron chi connectivity index (χ2n) is 6.75. The average molecular weight is 382 g/mol. The molecule has 1 aliphatic heterocycles. The normalized spacial score (nSPS) is 13.9. The summed E-state index contributed by atoms with van der Waals surface area (Å²) in [5, 5.41) is 3.27. The SMILES string of the molecule is CCOC(=O)N1CCN(C(=O)c2ccnc(NCc3cccc(C)c3)c2)CC1. The molecule has 1 fully saturated rings. The third-order valence-electron chi connectivity index (χ3n) is 4.66. The van der Waals surface area contributed by atoms with Gasteiger partial charge in [0.2, 0.25) is 0 Å². The van der Waals surface area contributed by atoms with Crippen molar-refractivity contribution < 1.29 is 14.3 Å². The van der Waals surface area contributed by atoms with Gasteiger partial charge < -0.3 is 19.9 Å². The molecule has 0 saturated carbocycles. The third kappa shape index (κ3) is 5.00. The highest BCUT2D eigenvalue weighted by Gasteiger charge is 2.25. The van der Waals surface area contributed by atoms with Crippen LogP contribution in [0, 0.1) is 6.92 Å².